The number of rotatable bonds is 7. The molecule has 5 nitrogen and oxygen atoms in total. The highest BCUT2D eigenvalue weighted by molar-refractivity contribution is 6.07. The van der Waals surface area contributed by atoms with Gasteiger partial charge in [0.2, 0.25) is 0 Å². The van der Waals surface area contributed by atoms with Gasteiger partial charge in [-0.2, -0.15) is 18.4 Å². The number of Topliss-reactive ketones (excluding diaryl/α,β-unsaturated/α-hetero) is 1. The number of aliphatic hydroxyl groups excluding tert-OH is 2. The van der Waals surface area contributed by atoms with Gasteiger partial charge in [0.25, 0.3) is 0 Å². The first-order valence-electron chi connectivity index (χ1n) is 9.07. The maximum Gasteiger partial charge on any atom is 0.418 e. The standard InChI is InChI=1S/C21H19F3N2O3/c22-21(23,24)20(18(11-25)19(29)6-5-17(28)12-27)15-2-1-14-10-16(26-7-8-26)4-3-13(14)9-15/h1-4,9-10,17,27-28H,5-8,12H2/b20-18-. The van der Waals surface area contributed by atoms with Crippen LogP contribution >= 0.6 is 0 Å². The van der Waals surface area contributed by atoms with Crippen LogP contribution in [0.1, 0.15) is 18.4 Å². The van der Waals surface area contributed by atoms with Crippen LogP contribution in [0.25, 0.3) is 16.3 Å². The summed E-state index contributed by atoms with van der Waals surface area (Å²) in [6.45, 7) is 1.28. The number of hydrogen-bond donors (Lipinski definition) is 2. The molecule has 1 unspecified atom stereocenters. The number of fused-ring (bicyclic) bond motifs is 1. The number of ketones is 1. The summed E-state index contributed by atoms with van der Waals surface area (Å²) in [7, 11) is 0. The largest absolute Gasteiger partial charge is 0.418 e. The first kappa shape index (κ1) is 20.8. The average Bonchev–Trinajstić information content (AvgIpc) is 3.53. The highest BCUT2D eigenvalue weighted by atomic mass is 19.4. The summed E-state index contributed by atoms with van der Waals surface area (Å²) >= 11 is 0. The molecule has 0 bridgehead atoms. The Morgan fingerprint density at radius 1 is 1.17 bits per heavy atom. The van der Waals surface area contributed by atoms with E-state index in [1.807, 2.05) is 12.1 Å². The van der Waals surface area contributed by atoms with Gasteiger partial charge in [0.05, 0.1) is 18.3 Å². The lowest BCUT2D eigenvalue weighted by Crippen LogP contribution is -2.19. The van der Waals surface area contributed by atoms with Gasteiger partial charge in [-0.25, -0.2) is 0 Å². The minimum absolute atomic E-state index is 0.233. The molecular weight excluding hydrogens is 385 g/mol. The number of allylic oxidation sites excluding steroid dienone is 2. The first-order valence-corrected chi connectivity index (χ1v) is 9.07. The predicted octanol–water partition coefficient (Wildman–Crippen LogP) is 3.20. The second-order valence-corrected chi connectivity index (χ2v) is 6.89. The average molecular weight is 404 g/mol. The topological polar surface area (TPSA) is 84.3 Å². The number of hydrogen-bond acceptors (Lipinski definition) is 5. The van der Waals surface area contributed by atoms with Gasteiger partial charge in [0.1, 0.15) is 11.6 Å². The maximum absolute atomic E-state index is 13.8. The van der Waals surface area contributed by atoms with Gasteiger partial charge >= 0.3 is 6.18 Å². The Kier molecular flexibility index (Phi) is 5.91. The second-order valence-electron chi connectivity index (χ2n) is 6.89. The van der Waals surface area contributed by atoms with Crippen LogP contribution in [0.5, 0.6) is 0 Å². The molecule has 1 aliphatic rings. The Hall–Kier alpha value is -2.89. The monoisotopic (exact) mass is 404 g/mol. The lowest BCUT2D eigenvalue weighted by atomic mass is 9.93. The molecule has 1 saturated heterocycles. The number of carbonyl (C=O) groups is 1. The van der Waals surface area contributed by atoms with Gasteiger partial charge in [-0.3, -0.25) is 4.79 Å². The van der Waals surface area contributed by atoms with E-state index < -0.39 is 42.2 Å². The molecule has 2 aromatic carbocycles. The quantitative estimate of drug-likeness (QED) is 0.421. The van der Waals surface area contributed by atoms with E-state index in [2.05, 4.69) is 4.90 Å². The van der Waals surface area contributed by atoms with E-state index in [4.69, 9.17) is 5.11 Å². The minimum atomic E-state index is -4.91. The molecule has 152 valence electrons. The van der Waals surface area contributed by atoms with Crippen molar-refractivity contribution in [1.82, 2.24) is 0 Å². The molecule has 29 heavy (non-hydrogen) atoms. The van der Waals surface area contributed by atoms with Crippen molar-refractivity contribution in [2.75, 3.05) is 24.6 Å². The summed E-state index contributed by atoms with van der Waals surface area (Å²) in [4.78, 5) is 14.4. The molecule has 0 radical (unpaired) electrons. The molecule has 2 aromatic rings. The number of aliphatic hydroxyl groups is 2. The highest BCUT2D eigenvalue weighted by Crippen LogP contribution is 2.38. The molecule has 1 atom stereocenters. The number of alkyl halides is 3. The fraction of sp³-hybridized carbons (Fsp3) is 0.333. The molecule has 2 N–H and O–H groups in total. The molecule has 3 rings (SSSR count). The van der Waals surface area contributed by atoms with Gasteiger partial charge < -0.3 is 15.1 Å². The van der Waals surface area contributed by atoms with Gasteiger partial charge in [-0.05, 0) is 41.0 Å². The van der Waals surface area contributed by atoms with E-state index in [-0.39, 0.29) is 12.0 Å². The number of carbonyl (C=O) groups excluding carboxylic acids is 1. The van der Waals surface area contributed by atoms with Crippen molar-refractivity contribution < 1.29 is 28.2 Å². The van der Waals surface area contributed by atoms with E-state index in [0.717, 1.165) is 24.2 Å². The van der Waals surface area contributed by atoms with E-state index in [1.165, 1.54) is 18.2 Å². The summed E-state index contributed by atoms with van der Waals surface area (Å²) in [6.07, 6.45) is -6.85. The lowest BCUT2D eigenvalue weighted by molar-refractivity contribution is -0.116. The van der Waals surface area contributed by atoms with Crippen LogP contribution in [-0.2, 0) is 4.79 Å². The number of nitriles is 1. The second kappa shape index (κ2) is 8.23. The van der Waals surface area contributed by atoms with Gasteiger partial charge in [0.15, 0.2) is 5.78 Å². The molecule has 0 saturated carbocycles. The third kappa shape index (κ3) is 4.75. The molecule has 1 fully saturated rings. The molecule has 0 aromatic heterocycles. The summed E-state index contributed by atoms with van der Waals surface area (Å²) in [5.74, 6) is -1.02. The van der Waals surface area contributed by atoms with Crippen molar-refractivity contribution in [3.8, 4) is 6.07 Å². The maximum atomic E-state index is 13.8. The number of halogens is 3. The Morgan fingerprint density at radius 3 is 2.41 bits per heavy atom. The van der Waals surface area contributed by atoms with Gasteiger partial charge in [-0.1, -0.05) is 18.2 Å². The van der Waals surface area contributed by atoms with Gasteiger partial charge in [0, 0.05) is 25.2 Å². The van der Waals surface area contributed by atoms with Crippen molar-refractivity contribution in [3.63, 3.8) is 0 Å². The molecule has 8 heteroatoms. The molecule has 0 aliphatic carbocycles. The molecule has 0 amide bonds. The summed E-state index contributed by atoms with van der Waals surface area (Å²) in [5, 5.41) is 28.7. The Labute approximate surface area is 165 Å². The van der Waals surface area contributed by atoms with E-state index in [1.54, 1.807) is 12.1 Å². The van der Waals surface area contributed by atoms with Gasteiger partial charge in [-0.15, -0.1) is 0 Å². The third-order valence-corrected chi connectivity index (χ3v) is 4.76. The van der Waals surface area contributed by atoms with E-state index in [0.29, 0.717) is 5.39 Å². The van der Waals surface area contributed by atoms with Crippen LogP contribution in [0.4, 0.5) is 18.9 Å². The number of benzene rings is 2. The fourth-order valence-electron chi connectivity index (χ4n) is 3.11. The number of anilines is 1. The van der Waals surface area contributed by atoms with Crippen molar-refractivity contribution >= 4 is 27.8 Å². The zero-order valence-electron chi connectivity index (χ0n) is 15.4. The van der Waals surface area contributed by atoms with Crippen molar-refractivity contribution in [3.05, 3.63) is 47.5 Å². The SMILES string of the molecule is N#C/C(C(=O)CCC(O)CO)=C(\c1ccc2cc(N3CC3)ccc2c1)C(F)(F)F. The Bertz CT molecular complexity index is 1000. The normalized spacial score (nSPS) is 15.7. The zero-order chi connectivity index (χ0) is 21.2. The molecule has 1 aliphatic heterocycles. The predicted molar refractivity (Wildman–Crippen MR) is 102 cm³/mol. The smallest absolute Gasteiger partial charge is 0.394 e. The summed E-state index contributed by atoms with van der Waals surface area (Å²) < 4.78 is 41.4. The third-order valence-electron chi connectivity index (χ3n) is 4.76. The number of nitrogens with zero attached hydrogens (tertiary/aromatic N) is 2. The Balaban J connectivity index is 2.03. The van der Waals surface area contributed by atoms with Crippen molar-refractivity contribution in [2.45, 2.75) is 25.1 Å². The molecular formula is C21H19F3N2O3. The fourth-order valence-corrected chi connectivity index (χ4v) is 3.11. The highest BCUT2D eigenvalue weighted by Gasteiger charge is 2.39. The lowest BCUT2D eigenvalue weighted by Gasteiger charge is -2.15. The van der Waals surface area contributed by atoms with Crippen molar-refractivity contribution in [2.24, 2.45) is 0 Å². The summed E-state index contributed by atoms with van der Waals surface area (Å²) in [5.41, 5.74) is -1.56. The van der Waals surface area contributed by atoms with Crippen LogP contribution in [0.2, 0.25) is 0 Å². The van der Waals surface area contributed by atoms with Crippen LogP contribution in [0.15, 0.2) is 42.0 Å². The van der Waals surface area contributed by atoms with E-state index in [9.17, 15) is 28.3 Å². The molecule has 1 heterocycles. The minimum Gasteiger partial charge on any atom is -0.394 e. The Morgan fingerprint density at radius 2 is 1.83 bits per heavy atom. The van der Waals surface area contributed by atoms with Crippen LogP contribution in [0.3, 0.4) is 0 Å². The summed E-state index contributed by atoms with van der Waals surface area (Å²) in [6, 6.07) is 10.9. The molecule has 0 spiro atoms. The van der Waals surface area contributed by atoms with Crippen molar-refractivity contribution in [1.29, 1.82) is 5.26 Å². The zero-order valence-corrected chi connectivity index (χ0v) is 15.4. The van der Waals surface area contributed by atoms with Crippen LogP contribution < -0.4 is 4.90 Å². The van der Waals surface area contributed by atoms with E-state index >= 15 is 0 Å². The van der Waals surface area contributed by atoms with Crippen LogP contribution in [-0.4, -0.2) is 48.0 Å². The first-order chi connectivity index (χ1) is 13.7. The van der Waals surface area contributed by atoms with Crippen LogP contribution in [0, 0.1) is 11.3 Å².